The lowest BCUT2D eigenvalue weighted by atomic mass is 10.1. The normalized spacial score (nSPS) is 11.1. The number of hydrogen-bond donors (Lipinski definition) is 1. The second-order valence-electron chi connectivity index (χ2n) is 3.82. The van der Waals surface area contributed by atoms with Crippen molar-refractivity contribution < 1.29 is 0 Å². The molecule has 0 atom stereocenters. The van der Waals surface area contributed by atoms with Crippen molar-refractivity contribution in [1.29, 1.82) is 0 Å². The Labute approximate surface area is 89.9 Å². The Hall–Kier alpha value is -1.35. The van der Waals surface area contributed by atoms with Crippen molar-refractivity contribution in [3.05, 3.63) is 29.5 Å². The number of aryl methyl sites for hydroxylation is 2. The molecule has 1 aromatic heterocycles. The van der Waals surface area contributed by atoms with Crippen LogP contribution in [0.25, 0.3) is 10.9 Å². The summed E-state index contributed by atoms with van der Waals surface area (Å²) in [7, 11) is 0. The molecule has 80 valence electrons. The van der Waals surface area contributed by atoms with Gasteiger partial charge in [0.25, 0.3) is 0 Å². The van der Waals surface area contributed by atoms with Gasteiger partial charge in [-0.15, -0.1) is 0 Å². The molecular weight excluding hydrogens is 186 g/mol. The van der Waals surface area contributed by atoms with Crippen LogP contribution < -0.4 is 5.73 Å². The van der Waals surface area contributed by atoms with Gasteiger partial charge in [-0.05, 0) is 32.0 Å². The first kappa shape index (κ1) is 10.2. The maximum atomic E-state index is 5.62. The Kier molecular flexibility index (Phi) is 2.73. The van der Waals surface area contributed by atoms with Crippen LogP contribution in [0.5, 0.6) is 0 Å². The Morgan fingerprint density at radius 3 is 2.87 bits per heavy atom. The van der Waals surface area contributed by atoms with Crippen molar-refractivity contribution in [2.45, 2.75) is 26.8 Å². The van der Waals surface area contributed by atoms with Crippen LogP contribution in [0, 0.1) is 6.92 Å². The van der Waals surface area contributed by atoms with E-state index in [1.165, 1.54) is 16.6 Å². The van der Waals surface area contributed by atoms with Crippen LogP contribution in [0.3, 0.4) is 0 Å². The summed E-state index contributed by atoms with van der Waals surface area (Å²) in [6, 6.07) is 6.40. The quantitative estimate of drug-likeness (QED) is 0.827. The fraction of sp³-hybridized carbons (Fsp3) is 0.417. The third-order valence-electron chi connectivity index (χ3n) is 2.68. The predicted octanol–water partition coefficient (Wildman–Crippen LogP) is 1.87. The maximum Gasteiger partial charge on any atom is 0.0928 e. The highest BCUT2D eigenvalue weighted by Crippen LogP contribution is 2.19. The molecule has 15 heavy (non-hydrogen) atoms. The number of nitrogens with two attached hydrogens (primary N) is 1. The molecule has 1 aromatic carbocycles. The predicted molar refractivity (Wildman–Crippen MR) is 62.9 cm³/mol. The van der Waals surface area contributed by atoms with Gasteiger partial charge in [-0.2, -0.15) is 5.10 Å². The topological polar surface area (TPSA) is 43.8 Å². The van der Waals surface area contributed by atoms with Crippen LogP contribution in [0.15, 0.2) is 18.2 Å². The number of hydrogen-bond acceptors (Lipinski definition) is 2. The second kappa shape index (κ2) is 4.03. The van der Waals surface area contributed by atoms with E-state index in [4.69, 9.17) is 5.73 Å². The monoisotopic (exact) mass is 203 g/mol. The molecule has 0 fully saturated rings. The Morgan fingerprint density at radius 2 is 2.20 bits per heavy atom. The third kappa shape index (κ3) is 1.75. The standard InChI is InChI=1S/C12H17N3/c1-3-15-12(6-7-13)10-5-4-9(2)8-11(10)14-15/h4-5,8H,3,6-7,13H2,1-2H3. The molecule has 0 bridgehead atoms. The van der Waals surface area contributed by atoms with Gasteiger partial charge in [0.2, 0.25) is 0 Å². The summed E-state index contributed by atoms with van der Waals surface area (Å²) in [6.07, 6.45) is 0.896. The van der Waals surface area contributed by atoms with E-state index < -0.39 is 0 Å². The molecule has 2 N–H and O–H groups in total. The first-order chi connectivity index (χ1) is 7.26. The maximum absolute atomic E-state index is 5.62. The zero-order valence-electron chi connectivity index (χ0n) is 9.33. The molecule has 2 rings (SSSR count). The van der Waals surface area contributed by atoms with E-state index in [9.17, 15) is 0 Å². The van der Waals surface area contributed by atoms with Crippen molar-refractivity contribution in [3.63, 3.8) is 0 Å². The average Bonchev–Trinajstić information content (AvgIpc) is 2.56. The van der Waals surface area contributed by atoms with Gasteiger partial charge in [0.1, 0.15) is 0 Å². The molecule has 0 saturated heterocycles. The summed E-state index contributed by atoms with van der Waals surface area (Å²) in [6.45, 7) is 5.78. The van der Waals surface area contributed by atoms with Gasteiger partial charge in [-0.25, -0.2) is 0 Å². The van der Waals surface area contributed by atoms with E-state index in [0.717, 1.165) is 18.5 Å². The molecule has 0 unspecified atom stereocenters. The summed E-state index contributed by atoms with van der Waals surface area (Å²) in [4.78, 5) is 0. The van der Waals surface area contributed by atoms with E-state index >= 15 is 0 Å². The summed E-state index contributed by atoms with van der Waals surface area (Å²) in [5.41, 5.74) is 9.22. The molecule has 0 aliphatic rings. The van der Waals surface area contributed by atoms with Gasteiger partial charge in [0.05, 0.1) is 5.52 Å². The minimum Gasteiger partial charge on any atom is -0.330 e. The summed E-state index contributed by atoms with van der Waals surface area (Å²) >= 11 is 0. The first-order valence-electron chi connectivity index (χ1n) is 5.42. The molecule has 0 aliphatic carbocycles. The Bertz CT molecular complexity index is 471. The molecule has 0 spiro atoms. The van der Waals surface area contributed by atoms with Crippen molar-refractivity contribution in [3.8, 4) is 0 Å². The molecule has 0 saturated carbocycles. The lowest BCUT2D eigenvalue weighted by molar-refractivity contribution is 0.627. The first-order valence-corrected chi connectivity index (χ1v) is 5.42. The lowest BCUT2D eigenvalue weighted by Crippen LogP contribution is -2.09. The van der Waals surface area contributed by atoms with Gasteiger partial charge in [-0.3, -0.25) is 4.68 Å². The smallest absolute Gasteiger partial charge is 0.0928 e. The van der Waals surface area contributed by atoms with Crippen LogP contribution in [-0.2, 0) is 13.0 Å². The minimum absolute atomic E-state index is 0.675. The highest BCUT2D eigenvalue weighted by molar-refractivity contribution is 5.82. The molecule has 0 radical (unpaired) electrons. The van der Waals surface area contributed by atoms with E-state index in [1.54, 1.807) is 0 Å². The van der Waals surface area contributed by atoms with Gasteiger partial charge in [0, 0.05) is 24.0 Å². The number of fused-ring (bicyclic) bond motifs is 1. The van der Waals surface area contributed by atoms with E-state index in [1.807, 2.05) is 0 Å². The molecule has 2 aromatic rings. The van der Waals surface area contributed by atoms with E-state index in [2.05, 4.69) is 41.8 Å². The zero-order valence-corrected chi connectivity index (χ0v) is 9.33. The van der Waals surface area contributed by atoms with Crippen molar-refractivity contribution in [2.24, 2.45) is 5.73 Å². The van der Waals surface area contributed by atoms with Gasteiger partial charge < -0.3 is 5.73 Å². The number of nitrogens with zero attached hydrogens (tertiary/aromatic N) is 2. The molecule has 1 heterocycles. The molecule has 3 heteroatoms. The van der Waals surface area contributed by atoms with Gasteiger partial charge in [-0.1, -0.05) is 12.1 Å². The third-order valence-corrected chi connectivity index (χ3v) is 2.68. The Balaban J connectivity index is 2.63. The molecule has 3 nitrogen and oxygen atoms in total. The number of aromatic nitrogens is 2. The summed E-state index contributed by atoms with van der Waals surface area (Å²) < 4.78 is 2.05. The van der Waals surface area contributed by atoms with Gasteiger partial charge >= 0.3 is 0 Å². The van der Waals surface area contributed by atoms with Crippen LogP contribution in [0.1, 0.15) is 18.2 Å². The highest BCUT2D eigenvalue weighted by Gasteiger charge is 2.08. The van der Waals surface area contributed by atoms with E-state index in [-0.39, 0.29) is 0 Å². The lowest BCUT2D eigenvalue weighted by Gasteiger charge is -2.02. The van der Waals surface area contributed by atoms with Crippen molar-refractivity contribution >= 4 is 10.9 Å². The zero-order chi connectivity index (χ0) is 10.8. The largest absolute Gasteiger partial charge is 0.330 e. The fourth-order valence-corrected chi connectivity index (χ4v) is 1.96. The number of rotatable bonds is 3. The fourth-order valence-electron chi connectivity index (χ4n) is 1.96. The van der Waals surface area contributed by atoms with Crippen molar-refractivity contribution in [1.82, 2.24) is 9.78 Å². The van der Waals surface area contributed by atoms with Crippen LogP contribution in [0.4, 0.5) is 0 Å². The number of benzene rings is 1. The van der Waals surface area contributed by atoms with Crippen molar-refractivity contribution in [2.75, 3.05) is 6.54 Å². The minimum atomic E-state index is 0.675. The van der Waals surface area contributed by atoms with Gasteiger partial charge in [0.15, 0.2) is 0 Å². The molecular formula is C12H17N3. The average molecular weight is 203 g/mol. The molecule has 0 amide bonds. The highest BCUT2D eigenvalue weighted by atomic mass is 15.3. The summed E-state index contributed by atoms with van der Waals surface area (Å²) in [5.74, 6) is 0. The summed E-state index contributed by atoms with van der Waals surface area (Å²) in [5, 5.41) is 5.82. The van der Waals surface area contributed by atoms with Crippen LogP contribution >= 0.6 is 0 Å². The SMILES string of the molecule is CCn1nc2cc(C)ccc2c1CCN. The Morgan fingerprint density at radius 1 is 1.40 bits per heavy atom. The van der Waals surface area contributed by atoms with Crippen LogP contribution in [0.2, 0.25) is 0 Å². The molecule has 0 aliphatic heterocycles. The second-order valence-corrected chi connectivity index (χ2v) is 3.82. The van der Waals surface area contributed by atoms with E-state index in [0.29, 0.717) is 6.54 Å². The van der Waals surface area contributed by atoms with Crippen LogP contribution in [-0.4, -0.2) is 16.3 Å².